The molecule has 10 heteroatoms. The van der Waals surface area contributed by atoms with E-state index in [1.807, 2.05) is 39.8 Å². The maximum Gasteiger partial charge on any atom is 0.337 e. The molecule has 3 heterocycles. The van der Waals surface area contributed by atoms with Crippen LogP contribution in [-0.2, 0) is 14.3 Å². The van der Waals surface area contributed by atoms with Crippen molar-refractivity contribution in [3.63, 3.8) is 0 Å². The zero-order chi connectivity index (χ0) is 31.5. The number of pyridine rings is 2. The quantitative estimate of drug-likeness (QED) is 0.273. The summed E-state index contributed by atoms with van der Waals surface area (Å²) in [7, 11) is 0. The van der Waals surface area contributed by atoms with Crippen molar-refractivity contribution in [2.75, 3.05) is 31.2 Å². The molecule has 1 aliphatic heterocycles. The molecule has 0 aromatic carbocycles. The Morgan fingerprint density at radius 2 is 1.86 bits per heavy atom. The standard InChI is InChI=1S/C33H43ClFN3O5/c1-20-9-8-10-24(34)28(20)41-15-16-42-30-25(35)17-22(18-37-30)23-19-36-21(2)26(29(31(39)40)43-32(3,4)5)27(23)38-13-11-33(6,7)12-14-38/h8,10,17-20,29H,9,11-16H2,1-7H3,(H,39,40)/t20?,29-/m0/s1. The molecule has 0 bridgehead atoms. The number of allylic oxidation sites excluding steroid dienone is 4. The van der Waals surface area contributed by atoms with Crippen LogP contribution in [0.15, 0.2) is 41.4 Å². The first-order valence-electron chi connectivity index (χ1n) is 14.8. The number of hydrogen-bond acceptors (Lipinski definition) is 7. The van der Waals surface area contributed by atoms with Crippen LogP contribution in [0.1, 0.15) is 78.2 Å². The molecule has 2 aromatic heterocycles. The summed E-state index contributed by atoms with van der Waals surface area (Å²) in [5.74, 6) is -1.04. The van der Waals surface area contributed by atoms with E-state index in [-0.39, 0.29) is 30.4 Å². The number of carboxylic acids is 1. The summed E-state index contributed by atoms with van der Waals surface area (Å²) in [4.78, 5) is 23.6. The van der Waals surface area contributed by atoms with E-state index in [1.165, 1.54) is 12.3 Å². The number of ether oxygens (including phenoxy) is 3. The summed E-state index contributed by atoms with van der Waals surface area (Å²) in [6.45, 7) is 15.4. The summed E-state index contributed by atoms with van der Waals surface area (Å²) in [5.41, 5.74) is 2.20. The zero-order valence-corrected chi connectivity index (χ0v) is 26.9. The molecule has 0 saturated carbocycles. The van der Waals surface area contributed by atoms with Gasteiger partial charge in [0, 0.05) is 53.8 Å². The minimum Gasteiger partial charge on any atom is -0.493 e. The van der Waals surface area contributed by atoms with E-state index in [0.29, 0.717) is 52.0 Å². The Labute approximate surface area is 258 Å². The fourth-order valence-electron chi connectivity index (χ4n) is 5.38. The van der Waals surface area contributed by atoms with E-state index >= 15 is 4.39 Å². The van der Waals surface area contributed by atoms with Crippen molar-refractivity contribution in [2.24, 2.45) is 11.3 Å². The summed E-state index contributed by atoms with van der Waals surface area (Å²) in [6.07, 6.45) is 8.42. The topological polar surface area (TPSA) is 94.0 Å². The van der Waals surface area contributed by atoms with Crippen molar-refractivity contribution < 1.29 is 28.5 Å². The molecule has 2 aliphatic rings. The maximum absolute atomic E-state index is 15.4. The van der Waals surface area contributed by atoms with Crippen molar-refractivity contribution in [3.05, 3.63) is 58.5 Å². The highest BCUT2D eigenvalue weighted by Crippen LogP contribution is 2.43. The van der Waals surface area contributed by atoms with E-state index in [4.69, 9.17) is 25.8 Å². The number of hydrogen-bond donors (Lipinski definition) is 1. The van der Waals surface area contributed by atoms with Crippen molar-refractivity contribution in [2.45, 2.75) is 79.4 Å². The van der Waals surface area contributed by atoms with Crippen LogP contribution in [0, 0.1) is 24.1 Å². The van der Waals surface area contributed by atoms with E-state index < -0.39 is 23.5 Å². The van der Waals surface area contributed by atoms with Crippen LogP contribution in [-0.4, -0.2) is 52.9 Å². The van der Waals surface area contributed by atoms with Gasteiger partial charge in [0.05, 0.1) is 16.3 Å². The fourth-order valence-corrected chi connectivity index (χ4v) is 5.71. The van der Waals surface area contributed by atoms with E-state index in [2.05, 4.69) is 28.7 Å². The van der Waals surface area contributed by atoms with Crippen LogP contribution in [0.5, 0.6) is 5.88 Å². The van der Waals surface area contributed by atoms with Gasteiger partial charge < -0.3 is 24.2 Å². The highest BCUT2D eigenvalue weighted by Gasteiger charge is 2.36. The molecule has 1 unspecified atom stereocenters. The third-order valence-corrected chi connectivity index (χ3v) is 8.13. The number of piperidine rings is 1. The van der Waals surface area contributed by atoms with Gasteiger partial charge in [-0.2, -0.15) is 0 Å². The molecule has 0 radical (unpaired) electrons. The lowest BCUT2D eigenvalue weighted by Crippen LogP contribution is -2.39. The second-order valence-corrected chi connectivity index (χ2v) is 13.5. The SMILES string of the molecule is Cc1ncc(-c2cnc(OCCOC3=C(Cl)C=CCC3C)c(F)c2)c(N2CCC(C)(C)CC2)c1[C@H](OC(C)(C)C)C(=O)O. The minimum atomic E-state index is -1.26. The van der Waals surface area contributed by atoms with E-state index in [0.717, 1.165) is 19.3 Å². The second-order valence-electron chi connectivity index (χ2n) is 13.1. The molecule has 2 aromatic rings. The Morgan fingerprint density at radius 1 is 1.19 bits per heavy atom. The van der Waals surface area contributed by atoms with Gasteiger partial charge in [-0.3, -0.25) is 4.98 Å². The molecular weight excluding hydrogens is 573 g/mol. The van der Waals surface area contributed by atoms with Gasteiger partial charge in [0.2, 0.25) is 0 Å². The van der Waals surface area contributed by atoms with Crippen LogP contribution in [0.4, 0.5) is 10.1 Å². The minimum absolute atomic E-state index is 0.0862. The molecular formula is C33H43ClFN3O5. The molecule has 0 spiro atoms. The summed E-state index contributed by atoms with van der Waals surface area (Å²) < 4.78 is 32.9. The van der Waals surface area contributed by atoms with Crippen LogP contribution < -0.4 is 9.64 Å². The normalized spacial score (nSPS) is 19.4. The van der Waals surface area contributed by atoms with Gasteiger partial charge in [0.15, 0.2) is 11.9 Å². The van der Waals surface area contributed by atoms with Crippen LogP contribution >= 0.6 is 11.6 Å². The highest BCUT2D eigenvalue weighted by atomic mass is 35.5. The number of aliphatic carboxylic acids is 1. The van der Waals surface area contributed by atoms with Gasteiger partial charge in [0.1, 0.15) is 19.0 Å². The average Bonchev–Trinajstić information content (AvgIpc) is 2.91. The molecule has 1 N–H and O–H groups in total. The number of anilines is 1. The molecule has 8 nitrogen and oxygen atoms in total. The summed E-state index contributed by atoms with van der Waals surface area (Å²) in [6, 6.07) is 1.35. The lowest BCUT2D eigenvalue weighted by molar-refractivity contribution is -0.160. The molecule has 1 saturated heterocycles. The average molecular weight is 616 g/mol. The predicted molar refractivity (Wildman–Crippen MR) is 166 cm³/mol. The van der Waals surface area contributed by atoms with E-state index in [1.54, 1.807) is 13.1 Å². The van der Waals surface area contributed by atoms with E-state index in [9.17, 15) is 9.90 Å². The third-order valence-electron chi connectivity index (χ3n) is 7.81. The Morgan fingerprint density at radius 3 is 2.47 bits per heavy atom. The predicted octanol–water partition coefficient (Wildman–Crippen LogP) is 7.60. The molecule has 234 valence electrons. The lowest BCUT2D eigenvalue weighted by atomic mass is 9.82. The molecule has 4 rings (SSSR count). The van der Waals surface area contributed by atoms with Crippen molar-refractivity contribution >= 4 is 23.3 Å². The zero-order valence-electron chi connectivity index (χ0n) is 26.2. The number of carboxylic acid groups (broad SMARTS) is 1. The number of aromatic nitrogens is 2. The summed E-state index contributed by atoms with van der Waals surface area (Å²) >= 11 is 6.25. The third kappa shape index (κ3) is 8.06. The molecule has 1 fully saturated rings. The van der Waals surface area contributed by atoms with Crippen LogP contribution in [0.3, 0.4) is 0 Å². The van der Waals surface area contributed by atoms with Crippen LogP contribution in [0.25, 0.3) is 11.1 Å². The first kappa shape index (κ1) is 32.7. The van der Waals surface area contributed by atoms with Crippen molar-refractivity contribution in [3.8, 4) is 17.0 Å². The van der Waals surface area contributed by atoms with Gasteiger partial charge in [-0.1, -0.05) is 38.4 Å². The molecule has 43 heavy (non-hydrogen) atoms. The Balaban J connectivity index is 1.65. The van der Waals surface area contributed by atoms with Crippen LogP contribution in [0.2, 0.25) is 0 Å². The number of aryl methyl sites for hydroxylation is 1. The monoisotopic (exact) mass is 615 g/mol. The first-order chi connectivity index (χ1) is 20.2. The van der Waals surface area contributed by atoms with Gasteiger partial charge in [-0.15, -0.1) is 0 Å². The van der Waals surface area contributed by atoms with Crippen molar-refractivity contribution in [1.82, 2.24) is 9.97 Å². The number of nitrogens with zero attached hydrogens (tertiary/aromatic N) is 3. The Bertz CT molecular complexity index is 1390. The lowest BCUT2D eigenvalue weighted by Gasteiger charge is -2.40. The second kappa shape index (κ2) is 13.2. The smallest absolute Gasteiger partial charge is 0.337 e. The molecule has 0 amide bonds. The number of carbonyl (C=O) groups is 1. The number of halogens is 2. The first-order valence-corrected chi connectivity index (χ1v) is 15.2. The van der Waals surface area contributed by atoms with Gasteiger partial charge in [-0.05, 0) is 64.5 Å². The Kier molecular flexibility index (Phi) is 10.1. The Hall–Kier alpha value is -3.17. The highest BCUT2D eigenvalue weighted by molar-refractivity contribution is 6.31. The maximum atomic E-state index is 15.4. The number of rotatable bonds is 10. The largest absolute Gasteiger partial charge is 0.493 e. The van der Waals surface area contributed by atoms with Gasteiger partial charge >= 0.3 is 5.97 Å². The fraction of sp³-hybridized carbons (Fsp3) is 0.545. The van der Waals surface area contributed by atoms with Crippen molar-refractivity contribution in [1.29, 1.82) is 0 Å². The molecule has 1 aliphatic carbocycles. The molecule has 2 atom stereocenters. The van der Waals surface area contributed by atoms with Gasteiger partial charge in [-0.25, -0.2) is 14.2 Å². The summed E-state index contributed by atoms with van der Waals surface area (Å²) in [5, 5.41) is 10.9. The van der Waals surface area contributed by atoms with Gasteiger partial charge in [0.25, 0.3) is 5.88 Å².